The van der Waals surface area contributed by atoms with E-state index in [0.717, 1.165) is 30.4 Å². The van der Waals surface area contributed by atoms with E-state index in [1.807, 2.05) is 36.1 Å². The summed E-state index contributed by atoms with van der Waals surface area (Å²) in [6.45, 7) is 5.20. The number of likely N-dealkylation sites (N-methyl/N-ethyl adjacent to an activating group) is 1. The van der Waals surface area contributed by atoms with Crippen LogP contribution in [0.3, 0.4) is 0 Å². The van der Waals surface area contributed by atoms with Crippen molar-refractivity contribution < 1.29 is 22.7 Å². The maximum atomic E-state index is 15.1. The van der Waals surface area contributed by atoms with Crippen LogP contribution in [0.1, 0.15) is 61.4 Å². The Balaban J connectivity index is 1.41. The Kier molecular flexibility index (Phi) is 12.8. The number of hydrogen-bond acceptors (Lipinski definition) is 8. The molecule has 3 aliphatic heterocycles. The van der Waals surface area contributed by atoms with Crippen molar-refractivity contribution in [2.24, 2.45) is 4.99 Å². The highest BCUT2D eigenvalue weighted by Crippen LogP contribution is 2.46. The Labute approximate surface area is 327 Å². The Hall–Kier alpha value is -4.19. The minimum Gasteiger partial charge on any atom is -0.493 e. The lowest BCUT2D eigenvalue weighted by Gasteiger charge is -2.39. The molecule has 54 heavy (non-hydrogen) atoms. The van der Waals surface area contributed by atoms with Gasteiger partial charge in [0.25, 0.3) is 0 Å². The lowest BCUT2D eigenvalue weighted by Crippen LogP contribution is -2.55. The summed E-state index contributed by atoms with van der Waals surface area (Å²) in [4.78, 5) is 40.2. The topological polar surface area (TPSA) is 130 Å². The van der Waals surface area contributed by atoms with Crippen molar-refractivity contribution >= 4 is 51.0 Å². The number of piperazine rings is 1. The predicted molar refractivity (Wildman–Crippen MR) is 208 cm³/mol. The number of piperidine rings is 1. The fraction of sp³-hybridized carbons (Fsp3) is 0.436. The van der Waals surface area contributed by atoms with Crippen LogP contribution in [0.2, 0.25) is 10.0 Å². The number of ether oxygens (including phenoxy) is 1. The van der Waals surface area contributed by atoms with Crippen LogP contribution >= 0.6 is 23.2 Å². The lowest BCUT2D eigenvalue weighted by atomic mass is 9.93. The summed E-state index contributed by atoms with van der Waals surface area (Å²) in [5.74, 6) is 0.605. The number of urea groups is 1. The van der Waals surface area contributed by atoms with Crippen molar-refractivity contribution in [3.63, 3.8) is 0 Å². The summed E-state index contributed by atoms with van der Waals surface area (Å²) in [6.07, 6.45) is 2.83. The Morgan fingerprint density at radius 1 is 0.907 bits per heavy atom. The molecule has 2 saturated heterocycles. The maximum Gasteiger partial charge on any atom is 0.326 e. The van der Waals surface area contributed by atoms with E-state index in [4.69, 9.17) is 38.2 Å². The molecular formula is C39H45Cl2N7O5S. The minimum atomic E-state index is -3.85. The van der Waals surface area contributed by atoms with E-state index >= 15 is 4.79 Å². The first-order chi connectivity index (χ1) is 26.0. The standard InChI is InChI=1S/C39H45Cl2N7O5S/c1-3-53-34-17-16-32(54(51,52)47-20-5-4-6-21-47)26-33(34)38-43-36(28-8-12-30(40)13-9-28)37(29-10-14-31(41)15-11-29)48(38)39(50)46-24-22-45(23-25-46)27-35(49)44(2)19-7-18-42/h8-17,26,36-37H,3-7,19-25,27H2,1-2H3/t36-,37+/m0/s1. The fourth-order valence-electron chi connectivity index (χ4n) is 7.14. The van der Waals surface area contributed by atoms with E-state index in [-0.39, 0.29) is 35.6 Å². The molecule has 0 bridgehead atoms. The van der Waals surface area contributed by atoms with Gasteiger partial charge in [0.15, 0.2) is 0 Å². The molecule has 0 spiro atoms. The molecule has 15 heteroatoms. The molecular weight excluding hydrogens is 749 g/mol. The van der Waals surface area contributed by atoms with Crippen LogP contribution in [0, 0.1) is 11.3 Å². The van der Waals surface area contributed by atoms with Gasteiger partial charge < -0.3 is 14.5 Å². The van der Waals surface area contributed by atoms with Gasteiger partial charge in [0.2, 0.25) is 15.9 Å². The van der Waals surface area contributed by atoms with Gasteiger partial charge in [-0.15, -0.1) is 0 Å². The van der Waals surface area contributed by atoms with E-state index in [1.54, 1.807) is 64.2 Å². The summed E-state index contributed by atoms with van der Waals surface area (Å²) in [6, 6.07) is 20.0. The van der Waals surface area contributed by atoms with Gasteiger partial charge in [0.05, 0.1) is 42.1 Å². The first kappa shape index (κ1) is 39.5. The zero-order valence-corrected chi connectivity index (χ0v) is 32.9. The van der Waals surface area contributed by atoms with Crippen molar-refractivity contribution in [3.05, 3.63) is 93.5 Å². The van der Waals surface area contributed by atoms with E-state index < -0.39 is 22.1 Å². The number of rotatable bonds is 11. The largest absolute Gasteiger partial charge is 0.493 e. The van der Waals surface area contributed by atoms with E-state index in [0.29, 0.717) is 73.8 Å². The molecule has 0 N–H and O–H groups in total. The van der Waals surface area contributed by atoms with Crippen LogP contribution in [0.15, 0.2) is 76.6 Å². The average molecular weight is 795 g/mol. The summed E-state index contributed by atoms with van der Waals surface area (Å²) in [5, 5.41) is 10.0. The second kappa shape index (κ2) is 17.5. The highest BCUT2D eigenvalue weighted by Gasteiger charge is 2.45. The van der Waals surface area contributed by atoms with Crippen molar-refractivity contribution in [3.8, 4) is 11.8 Å². The van der Waals surface area contributed by atoms with Gasteiger partial charge in [-0.25, -0.2) is 13.2 Å². The average Bonchev–Trinajstić information content (AvgIpc) is 3.58. The summed E-state index contributed by atoms with van der Waals surface area (Å²) in [5.41, 5.74) is 1.99. The van der Waals surface area contributed by atoms with Crippen LogP contribution in [0.25, 0.3) is 0 Å². The van der Waals surface area contributed by atoms with E-state index in [1.165, 1.54) is 4.31 Å². The number of halogens is 2. The van der Waals surface area contributed by atoms with Crippen LogP contribution in [-0.4, -0.2) is 116 Å². The Morgan fingerprint density at radius 2 is 1.54 bits per heavy atom. The fourth-order valence-corrected chi connectivity index (χ4v) is 8.93. The van der Waals surface area contributed by atoms with Crippen LogP contribution in [0.4, 0.5) is 4.79 Å². The van der Waals surface area contributed by atoms with E-state index in [2.05, 4.69) is 6.07 Å². The molecule has 3 amide bonds. The number of sulfonamides is 1. The number of carbonyl (C=O) groups is 2. The number of nitriles is 1. The molecule has 286 valence electrons. The zero-order valence-electron chi connectivity index (χ0n) is 30.5. The number of amidine groups is 1. The molecule has 2 fully saturated rings. The third-order valence-corrected chi connectivity index (χ3v) is 12.5. The number of nitrogens with zero attached hydrogens (tertiary/aromatic N) is 7. The number of aliphatic imine (C=N–C) groups is 1. The highest BCUT2D eigenvalue weighted by atomic mass is 35.5. The van der Waals surface area contributed by atoms with Gasteiger partial charge in [-0.3, -0.25) is 19.6 Å². The Bertz CT molecular complexity index is 1990. The molecule has 0 unspecified atom stereocenters. The highest BCUT2D eigenvalue weighted by molar-refractivity contribution is 7.89. The lowest BCUT2D eigenvalue weighted by molar-refractivity contribution is -0.131. The van der Waals surface area contributed by atoms with Gasteiger partial charge in [-0.1, -0.05) is 53.9 Å². The molecule has 0 aromatic heterocycles. The third kappa shape index (κ3) is 8.69. The molecule has 3 aliphatic rings. The second-order valence-corrected chi connectivity index (χ2v) is 16.5. The van der Waals surface area contributed by atoms with Crippen molar-refractivity contribution in [1.29, 1.82) is 5.26 Å². The summed E-state index contributed by atoms with van der Waals surface area (Å²) >= 11 is 12.7. The molecule has 0 radical (unpaired) electrons. The third-order valence-electron chi connectivity index (χ3n) is 10.1. The molecule has 2 atom stereocenters. The molecule has 0 aliphatic carbocycles. The number of hydrogen-bond donors (Lipinski definition) is 0. The van der Waals surface area contributed by atoms with Crippen molar-refractivity contribution in [2.75, 3.05) is 66.0 Å². The van der Waals surface area contributed by atoms with Crippen LogP contribution in [-0.2, 0) is 14.8 Å². The molecule has 3 heterocycles. The quantitative estimate of drug-likeness (QED) is 0.225. The predicted octanol–water partition coefficient (Wildman–Crippen LogP) is 6.22. The monoisotopic (exact) mass is 793 g/mol. The molecule has 12 nitrogen and oxygen atoms in total. The molecule has 3 aromatic carbocycles. The van der Waals surface area contributed by atoms with Crippen molar-refractivity contribution in [2.45, 2.75) is 49.6 Å². The van der Waals surface area contributed by atoms with Gasteiger partial charge in [-0.2, -0.15) is 9.57 Å². The second-order valence-electron chi connectivity index (χ2n) is 13.6. The smallest absolute Gasteiger partial charge is 0.326 e. The van der Waals surface area contributed by atoms with Crippen LogP contribution < -0.4 is 4.74 Å². The molecule has 6 rings (SSSR count). The van der Waals surface area contributed by atoms with Gasteiger partial charge in [0, 0.05) is 62.9 Å². The Morgan fingerprint density at radius 3 is 2.15 bits per heavy atom. The van der Waals surface area contributed by atoms with E-state index in [9.17, 15) is 13.2 Å². The summed E-state index contributed by atoms with van der Waals surface area (Å²) < 4.78 is 35.6. The van der Waals surface area contributed by atoms with Crippen LogP contribution in [0.5, 0.6) is 5.75 Å². The van der Waals surface area contributed by atoms with Gasteiger partial charge in [-0.05, 0) is 73.4 Å². The maximum absolute atomic E-state index is 15.1. The normalized spacial score (nSPS) is 19.6. The number of benzene rings is 3. The number of carbonyl (C=O) groups excluding carboxylic acids is 2. The van der Waals surface area contributed by atoms with Gasteiger partial charge in [0.1, 0.15) is 17.6 Å². The first-order valence-corrected chi connectivity index (χ1v) is 20.5. The summed E-state index contributed by atoms with van der Waals surface area (Å²) in [7, 11) is -2.16. The number of amides is 3. The first-order valence-electron chi connectivity index (χ1n) is 18.3. The SMILES string of the molecule is CCOc1ccc(S(=O)(=O)N2CCCCC2)cc1C1=N[C@@H](c2ccc(Cl)cc2)[C@@H](c2ccc(Cl)cc2)N1C(=O)N1CCN(CC(=O)N(C)CCC#N)CC1. The molecule has 3 aromatic rings. The van der Waals surface area contributed by atoms with Crippen molar-refractivity contribution in [1.82, 2.24) is 23.9 Å². The zero-order chi connectivity index (χ0) is 38.4. The minimum absolute atomic E-state index is 0.0876. The van der Waals surface area contributed by atoms with Gasteiger partial charge >= 0.3 is 6.03 Å². The molecule has 0 saturated carbocycles.